The molecule has 52 heavy (non-hydrogen) atoms. The molecule has 1 unspecified atom stereocenters. The van der Waals surface area contributed by atoms with E-state index in [2.05, 4.69) is 13.8 Å². The summed E-state index contributed by atoms with van der Waals surface area (Å²) in [5.74, 6) is -4.05. The third kappa shape index (κ3) is 7.27. The second kappa shape index (κ2) is 14.2. The molecule has 0 bridgehead atoms. The van der Waals surface area contributed by atoms with Crippen molar-refractivity contribution in [3.8, 4) is 0 Å². The van der Waals surface area contributed by atoms with Crippen LogP contribution in [0.5, 0.6) is 0 Å². The Bertz CT molecular complexity index is 1440. The Kier molecular flexibility index (Phi) is 11.1. The molecule has 2 heterocycles. The molecule has 0 aromatic heterocycles. The highest BCUT2D eigenvalue weighted by Crippen LogP contribution is 2.88. The van der Waals surface area contributed by atoms with Crippen molar-refractivity contribution in [1.29, 1.82) is 0 Å². The second-order valence-electron chi connectivity index (χ2n) is 20.2. The highest BCUT2D eigenvalue weighted by molar-refractivity contribution is 6.36. The van der Waals surface area contributed by atoms with Crippen LogP contribution in [0.15, 0.2) is 0 Å². The molecule has 2 spiro atoms. The third-order valence-electron chi connectivity index (χ3n) is 14.7. The summed E-state index contributed by atoms with van der Waals surface area (Å²) in [4.78, 5) is 86.2. The Balaban J connectivity index is 1.39. The van der Waals surface area contributed by atoms with Crippen LogP contribution in [0.4, 0.5) is 0 Å². The fourth-order valence-corrected chi connectivity index (χ4v) is 11.0. The maximum Gasteiger partial charge on any atom is 0.285 e. The Morgan fingerprint density at radius 1 is 0.788 bits per heavy atom. The minimum absolute atomic E-state index is 0.0263. The Hall–Kier alpha value is -2.62. The van der Waals surface area contributed by atoms with Crippen LogP contribution in [0, 0.1) is 50.7 Å². The zero-order valence-electron chi connectivity index (χ0n) is 33.8. The molecule has 10 heteroatoms. The van der Waals surface area contributed by atoms with Crippen LogP contribution >= 0.6 is 0 Å². The van der Waals surface area contributed by atoms with E-state index in [1.54, 1.807) is 4.90 Å². The number of carbonyl (C=O) groups excluding carboxylic acids is 6. The van der Waals surface area contributed by atoms with Crippen LogP contribution in [0.2, 0.25) is 0 Å². The number of primary amides is 1. The predicted octanol–water partition coefficient (Wildman–Crippen LogP) is 5.91. The van der Waals surface area contributed by atoms with Crippen LogP contribution < -0.4 is 5.73 Å². The van der Waals surface area contributed by atoms with Gasteiger partial charge in [-0.25, -0.2) is 0 Å². The highest BCUT2D eigenvalue weighted by Gasteiger charge is 2.85. The fourth-order valence-electron chi connectivity index (χ4n) is 11.0. The maximum atomic E-state index is 15.0. The van der Waals surface area contributed by atoms with E-state index < -0.39 is 46.3 Å². The summed E-state index contributed by atoms with van der Waals surface area (Å²) in [7, 11) is 0. The zero-order valence-corrected chi connectivity index (χ0v) is 33.8. The molecular weight excluding hydrogens is 658 g/mol. The number of hydrogen-bond acceptors (Lipinski definition) is 7. The molecule has 3 aliphatic carbocycles. The molecule has 7 atom stereocenters. The first-order valence-electron chi connectivity index (χ1n) is 20.1. The molecule has 2 N–H and O–H groups in total. The molecule has 2 saturated heterocycles. The van der Waals surface area contributed by atoms with Gasteiger partial charge in [-0.15, -0.1) is 0 Å². The lowest BCUT2D eigenvalue weighted by molar-refractivity contribution is -0.153. The molecule has 0 radical (unpaired) electrons. The number of ether oxygens (including phenoxy) is 1. The van der Waals surface area contributed by atoms with Crippen molar-refractivity contribution in [3.63, 3.8) is 0 Å². The summed E-state index contributed by atoms with van der Waals surface area (Å²) < 4.78 is 5.86. The molecule has 10 nitrogen and oxygen atoms in total. The largest absolute Gasteiger partial charge is 0.372 e. The van der Waals surface area contributed by atoms with E-state index >= 15 is 0 Å². The van der Waals surface area contributed by atoms with Gasteiger partial charge in [0.1, 0.15) is 5.78 Å². The van der Waals surface area contributed by atoms with Gasteiger partial charge >= 0.3 is 0 Å². The van der Waals surface area contributed by atoms with Gasteiger partial charge in [-0.2, -0.15) is 0 Å². The molecule has 5 aliphatic rings. The van der Waals surface area contributed by atoms with E-state index in [9.17, 15) is 28.8 Å². The van der Waals surface area contributed by atoms with E-state index in [4.69, 9.17) is 10.5 Å². The smallest absolute Gasteiger partial charge is 0.285 e. The summed E-state index contributed by atoms with van der Waals surface area (Å²) in [5, 5.41) is 0. The van der Waals surface area contributed by atoms with Gasteiger partial charge in [0.05, 0.1) is 18.2 Å². The van der Waals surface area contributed by atoms with Crippen molar-refractivity contribution >= 4 is 35.1 Å². The van der Waals surface area contributed by atoms with Gasteiger partial charge in [0.2, 0.25) is 17.6 Å². The van der Waals surface area contributed by atoms with Gasteiger partial charge in [-0.3, -0.25) is 28.8 Å². The van der Waals surface area contributed by atoms with Crippen LogP contribution in [-0.2, 0) is 33.5 Å². The first-order chi connectivity index (χ1) is 24.0. The predicted molar refractivity (Wildman–Crippen MR) is 199 cm³/mol. The van der Waals surface area contributed by atoms with Crippen LogP contribution in [0.3, 0.4) is 0 Å². The van der Waals surface area contributed by atoms with Crippen molar-refractivity contribution in [2.45, 2.75) is 158 Å². The Labute approximate surface area is 312 Å². The van der Waals surface area contributed by atoms with Gasteiger partial charge in [0.25, 0.3) is 5.91 Å². The van der Waals surface area contributed by atoms with E-state index in [-0.39, 0.29) is 71.1 Å². The fraction of sp³-hybridized carbons (Fsp3) is 0.857. The lowest BCUT2D eigenvalue weighted by Crippen LogP contribution is -2.52. The summed E-state index contributed by atoms with van der Waals surface area (Å²) in [5.41, 5.74) is 4.19. The molecular formula is C42H67N3O7. The molecule has 2 aliphatic heterocycles. The average Bonchev–Trinajstić information content (AvgIpc) is 3.19. The zero-order chi connectivity index (χ0) is 38.8. The summed E-state index contributed by atoms with van der Waals surface area (Å²) in [6.45, 7) is 21.7. The van der Waals surface area contributed by atoms with E-state index in [1.807, 2.05) is 60.3 Å². The maximum absolute atomic E-state index is 15.0. The van der Waals surface area contributed by atoms with Gasteiger partial charge < -0.3 is 20.3 Å². The van der Waals surface area contributed by atoms with E-state index in [0.717, 1.165) is 38.5 Å². The van der Waals surface area contributed by atoms with Crippen molar-refractivity contribution in [1.82, 2.24) is 9.80 Å². The first-order valence-corrected chi connectivity index (χ1v) is 20.1. The molecule has 292 valence electrons. The number of morpholine rings is 1. The van der Waals surface area contributed by atoms with Gasteiger partial charge in [0.15, 0.2) is 5.78 Å². The van der Waals surface area contributed by atoms with E-state index in [1.165, 1.54) is 0 Å². The lowest BCUT2D eigenvalue weighted by atomic mass is 9.73. The number of nitrogens with two attached hydrogens (primary N) is 1. The molecule has 5 rings (SSSR count). The summed E-state index contributed by atoms with van der Waals surface area (Å²) in [6, 6.07) is -0.731. The third-order valence-corrected chi connectivity index (χ3v) is 14.7. The van der Waals surface area contributed by atoms with Gasteiger partial charge in [-0.1, -0.05) is 81.1 Å². The quantitative estimate of drug-likeness (QED) is 0.233. The minimum Gasteiger partial charge on any atom is -0.372 e. The Morgan fingerprint density at radius 3 is 1.75 bits per heavy atom. The number of ketones is 3. The van der Waals surface area contributed by atoms with Crippen molar-refractivity contribution < 1.29 is 33.5 Å². The van der Waals surface area contributed by atoms with Crippen molar-refractivity contribution in [2.24, 2.45) is 56.5 Å². The summed E-state index contributed by atoms with van der Waals surface area (Å²) >= 11 is 0. The number of amides is 3. The van der Waals surface area contributed by atoms with Crippen LogP contribution in [0.1, 0.15) is 140 Å². The normalized spacial score (nSPS) is 29.9. The first kappa shape index (κ1) is 40.6. The SMILES string of the molecule is C[C@@H]1CN(C(=O)[C@@H](CC(=O)C[C@H](C(=O)N2C[C@]3(C[C@H]2C(=O)CC(CC2CCC2)C(=O)C(N)=O)C(C)(C)C32CCC2)C(C)(C)C)C(C)(C)C)C[C@H](C)O1. The van der Waals surface area contributed by atoms with E-state index in [0.29, 0.717) is 38.4 Å². The number of Topliss-reactive ketones (excluding diaryl/α,β-unsaturated/α-hetero) is 3. The average molecular weight is 726 g/mol. The number of carbonyl (C=O) groups is 6. The molecule has 5 fully saturated rings. The van der Waals surface area contributed by atoms with Crippen molar-refractivity contribution in [2.75, 3.05) is 19.6 Å². The van der Waals surface area contributed by atoms with Crippen molar-refractivity contribution in [3.05, 3.63) is 0 Å². The van der Waals surface area contributed by atoms with Gasteiger partial charge in [-0.05, 0) is 67.1 Å². The lowest BCUT2D eigenvalue weighted by Gasteiger charge is -2.40. The number of fused-ring (bicyclic) bond motifs is 1. The van der Waals surface area contributed by atoms with Crippen LogP contribution in [0.25, 0.3) is 0 Å². The number of hydrogen-bond donors (Lipinski definition) is 1. The standard InChI is InChI=1S/C42H67N3O7/c1-25-22-44(23-26(2)52-25)36(50)30(38(3,4)5)19-29(46)20-31(39(6,7)8)37(51)45-24-42(40(9,10)41(42)15-12-16-41)21-32(45)33(47)18-28(34(48)35(43)49)17-27-13-11-14-27/h25-28,30-32H,11-24H2,1-10H3,(H2,43,49)/t25-,26+,28?,30-,31-,32+,42-/m1/s1. The monoisotopic (exact) mass is 725 g/mol. The molecule has 0 aromatic carbocycles. The van der Waals surface area contributed by atoms with Gasteiger partial charge in [0, 0.05) is 62.1 Å². The topological polar surface area (TPSA) is 144 Å². The number of likely N-dealkylation sites (tertiary alicyclic amines) is 1. The summed E-state index contributed by atoms with van der Waals surface area (Å²) in [6.07, 6.45) is 6.98. The number of nitrogens with zero attached hydrogens (tertiary/aromatic N) is 2. The minimum atomic E-state index is -1.01. The number of rotatable bonds is 13. The Morgan fingerprint density at radius 2 is 1.33 bits per heavy atom. The van der Waals surface area contributed by atoms with Crippen LogP contribution in [-0.4, -0.2) is 82.8 Å². The molecule has 0 aromatic rings. The molecule has 3 saturated carbocycles. The highest BCUT2D eigenvalue weighted by atomic mass is 16.5. The molecule has 3 amide bonds. The second-order valence-corrected chi connectivity index (χ2v) is 20.2.